The molecule has 1 aliphatic heterocycles. The largest absolute Gasteiger partial charge is 0.332 e. The smallest absolute Gasteiger partial charge is 0.254 e. The lowest BCUT2D eigenvalue weighted by molar-refractivity contribution is 0.0876. The SMILES string of the molecule is CC1CN1C(=O)c1cccc(F)c1. The lowest BCUT2D eigenvalue weighted by Crippen LogP contribution is -2.12. The van der Waals surface area contributed by atoms with Gasteiger partial charge in [-0.25, -0.2) is 4.39 Å². The van der Waals surface area contributed by atoms with Crippen LogP contribution in [0.4, 0.5) is 4.39 Å². The molecule has 1 saturated heterocycles. The lowest BCUT2D eigenvalue weighted by atomic mass is 10.2. The molecule has 0 spiro atoms. The fraction of sp³-hybridized carbons (Fsp3) is 0.300. The molecule has 1 atom stereocenters. The van der Waals surface area contributed by atoms with Gasteiger partial charge in [-0.2, -0.15) is 0 Å². The molecule has 1 aromatic carbocycles. The summed E-state index contributed by atoms with van der Waals surface area (Å²) in [6.45, 7) is 2.76. The first kappa shape index (κ1) is 8.23. The minimum absolute atomic E-state index is 0.0769. The van der Waals surface area contributed by atoms with Gasteiger partial charge in [-0.05, 0) is 25.1 Å². The molecule has 3 heteroatoms. The summed E-state index contributed by atoms with van der Waals surface area (Å²) in [4.78, 5) is 13.2. The number of nitrogens with zero attached hydrogens (tertiary/aromatic N) is 1. The summed E-state index contributed by atoms with van der Waals surface area (Å²) in [5, 5.41) is 0. The number of carbonyl (C=O) groups is 1. The van der Waals surface area contributed by atoms with Crippen molar-refractivity contribution in [2.75, 3.05) is 6.54 Å². The molecule has 1 heterocycles. The summed E-state index contributed by atoms with van der Waals surface area (Å²) in [5.41, 5.74) is 0.435. The van der Waals surface area contributed by atoms with E-state index in [1.165, 1.54) is 12.1 Å². The van der Waals surface area contributed by atoms with Crippen molar-refractivity contribution < 1.29 is 9.18 Å². The van der Waals surface area contributed by atoms with Crippen LogP contribution in [0.1, 0.15) is 17.3 Å². The lowest BCUT2D eigenvalue weighted by Gasteiger charge is -2.01. The fourth-order valence-corrected chi connectivity index (χ4v) is 1.31. The van der Waals surface area contributed by atoms with E-state index in [1.807, 2.05) is 6.92 Å². The standard InChI is InChI=1S/C10H10FNO/c1-7-6-12(7)10(13)8-3-2-4-9(11)5-8/h2-5,7H,6H2,1H3. The number of halogens is 1. The van der Waals surface area contributed by atoms with E-state index < -0.39 is 0 Å². The third kappa shape index (κ3) is 1.54. The maximum absolute atomic E-state index is 12.7. The van der Waals surface area contributed by atoms with Crippen LogP contribution in [0.2, 0.25) is 0 Å². The van der Waals surface area contributed by atoms with Crippen LogP contribution in [0.5, 0.6) is 0 Å². The molecule has 13 heavy (non-hydrogen) atoms. The Labute approximate surface area is 76.0 Å². The van der Waals surface area contributed by atoms with Gasteiger partial charge < -0.3 is 4.90 Å². The molecular weight excluding hydrogens is 169 g/mol. The first-order valence-electron chi connectivity index (χ1n) is 4.25. The molecule has 0 radical (unpaired) electrons. The maximum Gasteiger partial charge on any atom is 0.254 e. The molecule has 1 fully saturated rings. The van der Waals surface area contributed by atoms with Gasteiger partial charge in [0.05, 0.1) is 0 Å². The zero-order chi connectivity index (χ0) is 9.42. The van der Waals surface area contributed by atoms with E-state index in [0.29, 0.717) is 11.6 Å². The van der Waals surface area contributed by atoms with Crippen molar-refractivity contribution >= 4 is 5.91 Å². The summed E-state index contributed by atoms with van der Waals surface area (Å²) in [6.07, 6.45) is 0. The minimum atomic E-state index is -0.361. The van der Waals surface area contributed by atoms with Crippen LogP contribution < -0.4 is 0 Å². The van der Waals surface area contributed by atoms with Crippen LogP contribution in [-0.4, -0.2) is 23.4 Å². The van der Waals surface area contributed by atoms with Crippen molar-refractivity contribution in [1.29, 1.82) is 0 Å². The number of hydrogen-bond donors (Lipinski definition) is 0. The van der Waals surface area contributed by atoms with Gasteiger partial charge in [0.25, 0.3) is 5.91 Å². The topological polar surface area (TPSA) is 20.1 Å². The molecule has 0 aromatic heterocycles. The highest BCUT2D eigenvalue weighted by Gasteiger charge is 2.34. The van der Waals surface area contributed by atoms with Gasteiger partial charge in [0.15, 0.2) is 0 Å². The zero-order valence-corrected chi connectivity index (χ0v) is 7.33. The van der Waals surface area contributed by atoms with E-state index in [4.69, 9.17) is 0 Å². The molecule has 2 rings (SSSR count). The van der Waals surface area contributed by atoms with Crippen molar-refractivity contribution in [3.8, 4) is 0 Å². The second-order valence-corrected chi connectivity index (χ2v) is 3.32. The first-order valence-corrected chi connectivity index (χ1v) is 4.25. The second kappa shape index (κ2) is 2.83. The van der Waals surface area contributed by atoms with Crippen LogP contribution in [0.25, 0.3) is 0 Å². The summed E-state index contributed by atoms with van der Waals surface area (Å²) < 4.78 is 12.7. The van der Waals surface area contributed by atoms with Crippen LogP contribution in [0, 0.1) is 5.82 Å². The van der Waals surface area contributed by atoms with Gasteiger partial charge in [0.1, 0.15) is 5.82 Å². The van der Waals surface area contributed by atoms with Crippen LogP contribution >= 0.6 is 0 Å². The van der Waals surface area contributed by atoms with E-state index in [0.717, 1.165) is 6.54 Å². The Balaban J connectivity index is 2.21. The van der Waals surface area contributed by atoms with Gasteiger partial charge in [-0.3, -0.25) is 4.79 Å². The third-order valence-electron chi connectivity index (χ3n) is 2.19. The Kier molecular flexibility index (Phi) is 1.79. The van der Waals surface area contributed by atoms with Gasteiger partial charge in [-0.15, -0.1) is 0 Å². The van der Waals surface area contributed by atoms with E-state index in [2.05, 4.69) is 0 Å². The number of benzene rings is 1. The van der Waals surface area contributed by atoms with E-state index in [1.54, 1.807) is 17.0 Å². The monoisotopic (exact) mass is 179 g/mol. The molecule has 1 amide bonds. The summed E-state index contributed by atoms with van der Waals surface area (Å²) >= 11 is 0. The van der Waals surface area contributed by atoms with Gasteiger partial charge in [0.2, 0.25) is 0 Å². The molecule has 0 aliphatic carbocycles. The van der Waals surface area contributed by atoms with Crippen molar-refractivity contribution in [2.45, 2.75) is 13.0 Å². The van der Waals surface area contributed by atoms with Crippen molar-refractivity contribution in [1.82, 2.24) is 4.90 Å². The third-order valence-corrected chi connectivity index (χ3v) is 2.19. The predicted molar refractivity (Wildman–Crippen MR) is 46.9 cm³/mol. The van der Waals surface area contributed by atoms with Crippen molar-refractivity contribution in [3.05, 3.63) is 35.6 Å². The number of amides is 1. The Morgan fingerprint density at radius 1 is 1.62 bits per heavy atom. The minimum Gasteiger partial charge on any atom is -0.332 e. The van der Waals surface area contributed by atoms with Gasteiger partial charge in [-0.1, -0.05) is 6.07 Å². The van der Waals surface area contributed by atoms with E-state index >= 15 is 0 Å². The van der Waals surface area contributed by atoms with Crippen LogP contribution in [0.3, 0.4) is 0 Å². The summed E-state index contributed by atoms with van der Waals surface area (Å²) in [5.74, 6) is -0.438. The van der Waals surface area contributed by atoms with Crippen molar-refractivity contribution in [3.63, 3.8) is 0 Å². The Morgan fingerprint density at radius 3 is 2.85 bits per heavy atom. The van der Waals surface area contributed by atoms with Crippen LogP contribution in [-0.2, 0) is 0 Å². The summed E-state index contributed by atoms with van der Waals surface area (Å²) in [6, 6.07) is 6.11. The number of carbonyl (C=O) groups excluding carboxylic acids is 1. The van der Waals surface area contributed by atoms with E-state index in [9.17, 15) is 9.18 Å². The highest BCUT2D eigenvalue weighted by atomic mass is 19.1. The van der Waals surface area contributed by atoms with Crippen LogP contribution in [0.15, 0.2) is 24.3 Å². The average Bonchev–Trinajstić information content (AvgIpc) is 2.81. The molecule has 0 bridgehead atoms. The molecule has 1 unspecified atom stereocenters. The predicted octanol–water partition coefficient (Wildman–Crippen LogP) is 1.67. The maximum atomic E-state index is 12.7. The molecular formula is C10H10FNO. The number of rotatable bonds is 1. The normalized spacial score (nSPS) is 20.2. The average molecular weight is 179 g/mol. The molecule has 68 valence electrons. The Bertz CT molecular complexity index is 351. The first-order chi connectivity index (χ1) is 6.18. The van der Waals surface area contributed by atoms with Gasteiger partial charge in [0, 0.05) is 18.2 Å². The highest BCUT2D eigenvalue weighted by Crippen LogP contribution is 2.20. The molecule has 0 saturated carbocycles. The fourth-order valence-electron chi connectivity index (χ4n) is 1.31. The Hall–Kier alpha value is -1.38. The van der Waals surface area contributed by atoms with Crippen molar-refractivity contribution in [2.24, 2.45) is 0 Å². The Morgan fingerprint density at radius 2 is 2.31 bits per heavy atom. The molecule has 1 aromatic rings. The molecule has 2 nitrogen and oxygen atoms in total. The zero-order valence-electron chi connectivity index (χ0n) is 7.33. The second-order valence-electron chi connectivity index (χ2n) is 3.32. The molecule has 1 aliphatic rings. The van der Waals surface area contributed by atoms with Gasteiger partial charge >= 0.3 is 0 Å². The summed E-state index contributed by atoms with van der Waals surface area (Å²) in [7, 11) is 0. The number of hydrogen-bond acceptors (Lipinski definition) is 1. The molecule has 0 N–H and O–H groups in total. The van der Waals surface area contributed by atoms with E-state index in [-0.39, 0.29) is 11.7 Å². The highest BCUT2D eigenvalue weighted by molar-refractivity contribution is 5.95. The quantitative estimate of drug-likeness (QED) is 0.600.